The summed E-state index contributed by atoms with van der Waals surface area (Å²) >= 11 is 0. The van der Waals surface area contributed by atoms with E-state index in [1.807, 2.05) is 0 Å². The molecule has 0 fully saturated rings. The smallest absolute Gasteiger partial charge is 0.261 e. The Morgan fingerprint density at radius 2 is 1.73 bits per heavy atom. The van der Waals surface area contributed by atoms with E-state index in [9.17, 15) is 18.4 Å². The van der Waals surface area contributed by atoms with Crippen LogP contribution in [0.5, 0.6) is 11.5 Å². The van der Waals surface area contributed by atoms with Crippen molar-refractivity contribution in [2.45, 2.75) is 25.9 Å². The highest BCUT2D eigenvalue weighted by atomic mass is 19.1. The van der Waals surface area contributed by atoms with E-state index in [4.69, 9.17) is 9.47 Å². The van der Waals surface area contributed by atoms with Gasteiger partial charge in [0.1, 0.15) is 11.6 Å². The van der Waals surface area contributed by atoms with Gasteiger partial charge in [-0.15, -0.1) is 0 Å². The number of hydrogen-bond acceptors (Lipinski definition) is 5. The average molecular weight is 417 g/mol. The van der Waals surface area contributed by atoms with Crippen molar-refractivity contribution in [2.24, 2.45) is 0 Å². The number of fused-ring (bicyclic) bond motifs is 1. The van der Waals surface area contributed by atoms with Crippen molar-refractivity contribution in [3.63, 3.8) is 0 Å². The molecule has 7 nitrogen and oxygen atoms in total. The van der Waals surface area contributed by atoms with Crippen LogP contribution in [-0.2, 0) is 17.9 Å². The van der Waals surface area contributed by atoms with E-state index in [1.54, 1.807) is 12.1 Å². The van der Waals surface area contributed by atoms with Crippen molar-refractivity contribution >= 4 is 16.8 Å². The van der Waals surface area contributed by atoms with Crippen molar-refractivity contribution < 1.29 is 23.0 Å². The molecule has 0 unspecified atom stereocenters. The van der Waals surface area contributed by atoms with Crippen LogP contribution < -0.4 is 20.3 Å². The maximum Gasteiger partial charge on any atom is 0.261 e. The Balaban J connectivity index is 1.60. The summed E-state index contributed by atoms with van der Waals surface area (Å²) in [7, 11) is 2.98. The van der Waals surface area contributed by atoms with Crippen LogP contribution in [0.4, 0.5) is 8.78 Å². The Morgan fingerprint density at radius 3 is 2.40 bits per heavy atom. The standard InChI is InChI=1S/C21H21F2N3O4/c1-29-18-9-16-17(10-19(18)30-2)25-12-26(21(16)28)5-3-4-20(27)24-11-13-6-14(22)8-15(23)7-13/h6-10,12H,3-5,11H2,1-2H3,(H,24,27). The van der Waals surface area contributed by atoms with E-state index in [-0.39, 0.29) is 31.0 Å². The minimum Gasteiger partial charge on any atom is -0.493 e. The van der Waals surface area contributed by atoms with Gasteiger partial charge in [0.15, 0.2) is 11.5 Å². The van der Waals surface area contributed by atoms with E-state index in [0.29, 0.717) is 34.4 Å². The van der Waals surface area contributed by atoms with Crippen LogP contribution in [0.15, 0.2) is 41.5 Å². The molecule has 158 valence electrons. The van der Waals surface area contributed by atoms with Crippen molar-refractivity contribution in [1.82, 2.24) is 14.9 Å². The first-order valence-electron chi connectivity index (χ1n) is 9.24. The average Bonchev–Trinajstić information content (AvgIpc) is 2.72. The molecule has 9 heteroatoms. The monoisotopic (exact) mass is 417 g/mol. The fourth-order valence-corrected chi connectivity index (χ4v) is 3.06. The molecule has 1 amide bonds. The van der Waals surface area contributed by atoms with Crippen molar-refractivity contribution in [3.8, 4) is 11.5 Å². The number of rotatable bonds is 8. The number of amides is 1. The second kappa shape index (κ2) is 9.34. The molecule has 0 saturated heterocycles. The Hall–Kier alpha value is -3.49. The maximum atomic E-state index is 13.2. The van der Waals surface area contributed by atoms with Crippen LogP contribution in [0, 0.1) is 11.6 Å². The lowest BCUT2D eigenvalue weighted by Gasteiger charge is -2.10. The number of nitrogens with one attached hydrogen (secondary N) is 1. The molecule has 0 aliphatic rings. The lowest BCUT2D eigenvalue weighted by atomic mass is 10.2. The molecule has 0 atom stereocenters. The summed E-state index contributed by atoms with van der Waals surface area (Å²) in [5.41, 5.74) is 0.561. The molecule has 3 rings (SSSR count). The first-order chi connectivity index (χ1) is 14.4. The van der Waals surface area contributed by atoms with Gasteiger partial charge < -0.3 is 14.8 Å². The molecule has 0 radical (unpaired) electrons. The molecule has 0 aliphatic heterocycles. The van der Waals surface area contributed by atoms with Crippen LogP contribution >= 0.6 is 0 Å². The van der Waals surface area contributed by atoms with Crippen LogP contribution in [0.3, 0.4) is 0 Å². The zero-order chi connectivity index (χ0) is 21.7. The number of nitrogens with zero attached hydrogens (tertiary/aromatic N) is 2. The van der Waals surface area contributed by atoms with Crippen molar-refractivity contribution in [1.29, 1.82) is 0 Å². The third kappa shape index (κ3) is 4.91. The Bertz CT molecular complexity index is 1110. The Labute approximate surface area is 171 Å². The highest BCUT2D eigenvalue weighted by molar-refractivity contribution is 5.81. The van der Waals surface area contributed by atoms with Crippen molar-refractivity contribution in [3.05, 3.63) is 64.2 Å². The molecular weight excluding hydrogens is 396 g/mol. The Kier molecular flexibility index (Phi) is 6.61. The van der Waals surface area contributed by atoms with Gasteiger partial charge in [0, 0.05) is 31.6 Å². The van der Waals surface area contributed by atoms with E-state index in [2.05, 4.69) is 10.3 Å². The summed E-state index contributed by atoms with van der Waals surface area (Å²) in [5, 5.41) is 2.99. The van der Waals surface area contributed by atoms with E-state index < -0.39 is 11.6 Å². The van der Waals surface area contributed by atoms with Gasteiger partial charge in [-0.2, -0.15) is 0 Å². The van der Waals surface area contributed by atoms with Gasteiger partial charge >= 0.3 is 0 Å². The molecule has 0 spiro atoms. The predicted molar refractivity (Wildman–Crippen MR) is 107 cm³/mol. The topological polar surface area (TPSA) is 82.5 Å². The first kappa shape index (κ1) is 21.2. The molecule has 30 heavy (non-hydrogen) atoms. The number of aryl methyl sites for hydroxylation is 1. The maximum absolute atomic E-state index is 13.2. The third-order valence-corrected chi connectivity index (χ3v) is 4.54. The number of halogens is 2. The second-order valence-corrected chi connectivity index (χ2v) is 6.63. The Morgan fingerprint density at radius 1 is 1.07 bits per heavy atom. The first-order valence-corrected chi connectivity index (χ1v) is 9.24. The van der Waals surface area contributed by atoms with Gasteiger partial charge in [-0.25, -0.2) is 13.8 Å². The van der Waals surface area contributed by atoms with Crippen LogP contribution in [-0.4, -0.2) is 29.7 Å². The molecule has 1 N–H and O–H groups in total. The van der Waals surface area contributed by atoms with Crippen LogP contribution in [0.2, 0.25) is 0 Å². The van der Waals surface area contributed by atoms with Crippen LogP contribution in [0.25, 0.3) is 10.9 Å². The summed E-state index contributed by atoms with van der Waals surface area (Å²) in [6.45, 7) is 0.310. The van der Waals surface area contributed by atoms with Crippen LogP contribution in [0.1, 0.15) is 18.4 Å². The molecule has 1 heterocycles. The molecule has 0 aliphatic carbocycles. The predicted octanol–water partition coefficient (Wildman–Crippen LogP) is 2.79. The zero-order valence-electron chi connectivity index (χ0n) is 16.6. The minimum atomic E-state index is -0.698. The quantitative estimate of drug-likeness (QED) is 0.610. The minimum absolute atomic E-state index is 0.0205. The lowest BCUT2D eigenvalue weighted by Crippen LogP contribution is -2.25. The van der Waals surface area contributed by atoms with Gasteiger partial charge in [-0.05, 0) is 30.2 Å². The highest BCUT2D eigenvalue weighted by Crippen LogP contribution is 2.29. The van der Waals surface area contributed by atoms with Gasteiger partial charge in [-0.1, -0.05) is 0 Å². The molecule has 1 aromatic heterocycles. The van der Waals surface area contributed by atoms with E-state index >= 15 is 0 Å². The number of benzene rings is 2. The number of carbonyl (C=O) groups excluding carboxylic acids is 1. The number of methoxy groups -OCH3 is 2. The van der Waals surface area contributed by atoms with Gasteiger partial charge in [0.25, 0.3) is 5.56 Å². The number of carbonyl (C=O) groups is 1. The molecule has 0 saturated carbocycles. The largest absolute Gasteiger partial charge is 0.493 e. The number of hydrogen-bond donors (Lipinski definition) is 1. The SMILES string of the molecule is COc1cc2ncn(CCCC(=O)NCc3cc(F)cc(F)c3)c(=O)c2cc1OC. The summed E-state index contributed by atoms with van der Waals surface area (Å²) in [4.78, 5) is 29.0. The highest BCUT2D eigenvalue weighted by Gasteiger charge is 2.11. The summed E-state index contributed by atoms with van der Waals surface area (Å²) < 4.78 is 38.2. The van der Waals surface area contributed by atoms with Crippen molar-refractivity contribution in [2.75, 3.05) is 14.2 Å². The summed E-state index contributed by atoms with van der Waals surface area (Å²) in [6, 6.07) is 6.29. The summed E-state index contributed by atoms with van der Waals surface area (Å²) in [6.07, 6.45) is 1.96. The van der Waals surface area contributed by atoms with Gasteiger partial charge in [0.05, 0.1) is 31.4 Å². The molecule has 3 aromatic rings. The zero-order valence-corrected chi connectivity index (χ0v) is 16.6. The molecular formula is C21H21F2N3O4. The fourth-order valence-electron chi connectivity index (χ4n) is 3.06. The molecule has 0 bridgehead atoms. The third-order valence-electron chi connectivity index (χ3n) is 4.54. The molecule has 2 aromatic carbocycles. The summed E-state index contributed by atoms with van der Waals surface area (Å²) in [5.74, 6) is -0.777. The number of ether oxygens (including phenoxy) is 2. The lowest BCUT2D eigenvalue weighted by molar-refractivity contribution is -0.121. The van der Waals surface area contributed by atoms with Gasteiger partial charge in [-0.3, -0.25) is 14.2 Å². The van der Waals surface area contributed by atoms with Gasteiger partial charge in [0.2, 0.25) is 5.91 Å². The van der Waals surface area contributed by atoms with E-state index in [0.717, 1.165) is 18.2 Å². The normalized spacial score (nSPS) is 10.8. The number of aromatic nitrogens is 2. The second-order valence-electron chi connectivity index (χ2n) is 6.63. The van der Waals surface area contributed by atoms with E-state index in [1.165, 1.54) is 25.1 Å². The fraction of sp³-hybridized carbons (Fsp3) is 0.286.